The minimum absolute atomic E-state index is 0.0626. The fourth-order valence-electron chi connectivity index (χ4n) is 2.74. The Balaban J connectivity index is 1.84. The van der Waals surface area contributed by atoms with Crippen molar-refractivity contribution in [1.29, 1.82) is 0 Å². The van der Waals surface area contributed by atoms with Crippen LogP contribution in [0.4, 0.5) is 0 Å². The number of amides is 1. The highest BCUT2D eigenvalue weighted by molar-refractivity contribution is 7.91. The Morgan fingerprint density at radius 2 is 1.69 bits per heavy atom. The van der Waals surface area contributed by atoms with Crippen LogP contribution in [-0.2, 0) is 25.8 Å². The fraction of sp³-hybridized carbons (Fsp3) is 0.364. The van der Waals surface area contributed by atoms with Crippen molar-refractivity contribution in [3.8, 4) is 0 Å². The number of esters is 1. The summed E-state index contributed by atoms with van der Waals surface area (Å²) in [6.45, 7) is 5.71. The predicted molar refractivity (Wildman–Crippen MR) is 112 cm³/mol. The molecule has 0 aliphatic carbocycles. The standard InChI is InChI=1S/C22H27NO5S/c1-4-29(26,27)20-8-6-5-7-19(20)22(25)28-15-21(24)23-14-13-17-9-11-18(12-10-17)16(2)3/h5-12,16H,4,13-15H2,1-3H3,(H,23,24). The van der Waals surface area contributed by atoms with Crippen molar-refractivity contribution < 1.29 is 22.7 Å². The lowest BCUT2D eigenvalue weighted by molar-refractivity contribution is -0.124. The lowest BCUT2D eigenvalue weighted by Crippen LogP contribution is -2.30. The van der Waals surface area contributed by atoms with Gasteiger partial charge < -0.3 is 10.1 Å². The molecule has 0 bridgehead atoms. The Hall–Kier alpha value is -2.67. The molecule has 29 heavy (non-hydrogen) atoms. The Kier molecular flexibility index (Phi) is 7.96. The van der Waals surface area contributed by atoms with E-state index in [2.05, 4.69) is 31.3 Å². The molecule has 0 atom stereocenters. The molecule has 0 unspecified atom stereocenters. The van der Waals surface area contributed by atoms with Crippen LogP contribution in [0.25, 0.3) is 0 Å². The lowest BCUT2D eigenvalue weighted by Gasteiger charge is -2.10. The van der Waals surface area contributed by atoms with Crippen molar-refractivity contribution in [3.63, 3.8) is 0 Å². The number of benzene rings is 2. The number of rotatable bonds is 9. The molecule has 0 saturated carbocycles. The van der Waals surface area contributed by atoms with E-state index in [1.54, 1.807) is 12.1 Å². The Morgan fingerprint density at radius 1 is 1.03 bits per heavy atom. The van der Waals surface area contributed by atoms with Crippen molar-refractivity contribution >= 4 is 21.7 Å². The first-order valence-electron chi connectivity index (χ1n) is 9.59. The maximum absolute atomic E-state index is 12.2. The number of nitrogens with one attached hydrogen (secondary N) is 1. The highest BCUT2D eigenvalue weighted by Crippen LogP contribution is 2.18. The van der Waals surface area contributed by atoms with Crippen LogP contribution < -0.4 is 5.32 Å². The van der Waals surface area contributed by atoms with Gasteiger partial charge >= 0.3 is 5.97 Å². The summed E-state index contributed by atoms with van der Waals surface area (Å²) >= 11 is 0. The molecule has 0 aromatic heterocycles. The average molecular weight is 418 g/mol. The summed E-state index contributed by atoms with van der Waals surface area (Å²) < 4.78 is 29.2. The van der Waals surface area contributed by atoms with Crippen LogP contribution >= 0.6 is 0 Å². The van der Waals surface area contributed by atoms with E-state index >= 15 is 0 Å². The first kappa shape index (κ1) is 22.6. The van der Waals surface area contributed by atoms with Gasteiger partial charge in [-0.3, -0.25) is 4.79 Å². The number of sulfone groups is 1. The van der Waals surface area contributed by atoms with Crippen LogP contribution in [0.15, 0.2) is 53.4 Å². The number of hydrogen-bond donors (Lipinski definition) is 1. The first-order valence-corrected chi connectivity index (χ1v) is 11.2. The van der Waals surface area contributed by atoms with E-state index in [9.17, 15) is 18.0 Å². The molecule has 0 saturated heterocycles. The molecular weight excluding hydrogens is 390 g/mol. The maximum atomic E-state index is 12.2. The Morgan fingerprint density at radius 3 is 2.31 bits per heavy atom. The van der Waals surface area contributed by atoms with E-state index < -0.39 is 28.3 Å². The van der Waals surface area contributed by atoms with Gasteiger partial charge in [-0.2, -0.15) is 0 Å². The molecule has 2 aromatic carbocycles. The molecule has 6 nitrogen and oxygen atoms in total. The molecule has 1 amide bonds. The van der Waals surface area contributed by atoms with Gasteiger partial charge in [0, 0.05) is 6.54 Å². The number of carbonyl (C=O) groups excluding carboxylic acids is 2. The van der Waals surface area contributed by atoms with Crippen molar-refractivity contribution in [2.45, 2.75) is 38.0 Å². The van der Waals surface area contributed by atoms with Crippen molar-refractivity contribution in [2.24, 2.45) is 0 Å². The third-order valence-corrected chi connectivity index (χ3v) is 6.32. The summed E-state index contributed by atoms with van der Waals surface area (Å²) in [7, 11) is -3.57. The molecule has 0 aliphatic heterocycles. The van der Waals surface area contributed by atoms with Gasteiger partial charge in [-0.15, -0.1) is 0 Å². The van der Waals surface area contributed by atoms with Crippen LogP contribution in [-0.4, -0.2) is 39.2 Å². The van der Waals surface area contributed by atoms with Gasteiger partial charge in [0.1, 0.15) is 0 Å². The fourth-order valence-corrected chi connectivity index (χ4v) is 3.82. The zero-order valence-corrected chi connectivity index (χ0v) is 17.8. The molecule has 0 radical (unpaired) electrons. The van der Waals surface area contributed by atoms with Gasteiger partial charge in [-0.25, -0.2) is 13.2 Å². The van der Waals surface area contributed by atoms with Crippen LogP contribution in [0.2, 0.25) is 0 Å². The van der Waals surface area contributed by atoms with E-state index in [0.717, 1.165) is 5.56 Å². The number of carbonyl (C=O) groups is 2. The summed E-state index contributed by atoms with van der Waals surface area (Å²) in [6.07, 6.45) is 0.662. The predicted octanol–water partition coefficient (Wildman–Crippen LogP) is 3.12. The molecule has 0 spiro atoms. The van der Waals surface area contributed by atoms with Crippen LogP contribution in [0.1, 0.15) is 48.2 Å². The van der Waals surface area contributed by atoms with Crippen molar-refractivity contribution in [3.05, 3.63) is 65.2 Å². The third kappa shape index (κ3) is 6.42. The van der Waals surface area contributed by atoms with Crippen LogP contribution in [0, 0.1) is 0 Å². The quantitative estimate of drug-likeness (QED) is 0.633. The SMILES string of the molecule is CCS(=O)(=O)c1ccccc1C(=O)OCC(=O)NCCc1ccc(C(C)C)cc1. The summed E-state index contributed by atoms with van der Waals surface area (Å²) in [6, 6.07) is 14.1. The molecule has 0 heterocycles. The minimum atomic E-state index is -3.57. The van der Waals surface area contributed by atoms with E-state index in [4.69, 9.17) is 4.74 Å². The van der Waals surface area contributed by atoms with E-state index in [1.165, 1.54) is 24.6 Å². The van der Waals surface area contributed by atoms with Crippen LogP contribution in [0.3, 0.4) is 0 Å². The normalized spacial score (nSPS) is 11.3. The topological polar surface area (TPSA) is 89.5 Å². The highest BCUT2D eigenvalue weighted by atomic mass is 32.2. The zero-order valence-electron chi connectivity index (χ0n) is 17.0. The van der Waals surface area contributed by atoms with E-state index in [1.807, 2.05) is 12.1 Å². The summed E-state index contributed by atoms with van der Waals surface area (Å²) in [4.78, 5) is 24.1. The molecule has 0 fully saturated rings. The molecule has 156 valence electrons. The molecular formula is C22H27NO5S. The minimum Gasteiger partial charge on any atom is -0.452 e. The zero-order chi connectivity index (χ0) is 21.4. The Bertz CT molecular complexity index is 949. The van der Waals surface area contributed by atoms with E-state index in [-0.39, 0.29) is 16.2 Å². The second-order valence-corrected chi connectivity index (χ2v) is 9.22. The average Bonchev–Trinajstić information content (AvgIpc) is 2.72. The molecule has 2 rings (SSSR count). The second kappa shape index (κ2) is 10.2. The van der Waals surface area contributed by atoms with Crippen molar-refractivity contribution in [2.75, 3.05) is 18.9 Å². The van der Waals surface area contributed by atoms with Crippen LogP contribution in [0.5, 0.6) is 0 Å². The van der Waals surface area contributed by atoms with Gasteiger partial charge in [0.2, 0.25) is 0 Å². The lowest BCUT2D eigenvalue weighted by atomic mass is 10.0. The monoisotopic (exact) mass is 417 g/mol. The summed E-state index contributed by atoms with van der Waals surface area (Å²) in [5.41, 5.74) is 2.30. The molecule has 0 aliphatic rings. The van der Waals surface area contributed by atoms with Gasteiger partial charge in [-0.05, 0) is 35.6 Å². The molecule has 1 N–H and O–H groups in total. The number of ether oxygens (including phenoxy) is 1. The first-order chi connectivity index (χ1) is 13.7. The smallest absolute Gasteiger partial charge is 0.339 e. The largest absolute Gasteiger partial charge is 0.452 e. The molecule has 2 aromatic rings. The third-order valence-electron chi connectivity index (χ3n) is 4.54. The van der Waals surface area contributed by atoms with Gasteiger partial charge in [-0.1, -0.05) is 57.2 Å². The van der Waals surface area contributed by atoms with E-state index in [0.29, 0.717) is 18.9 Å². The summed E-state index contributed by atoms with van der Waals surface area (Å²) in [5, 5.41) is 2.70. The second-order valence-electron chi connectivity index (χ2n) is 6.97. The van der Waals surface area contributed by atoms with Gasteiger partial charge in [0.05, 0.1) is 16.2 Å². The summed E-state index contributed by atoms with van der Waals surface area (Å²) in [5.74, 6) is -0.934. The molecule has 7 heteroatoms. The van der Waals surface area contributed by atoms with Gasteiger partial charge in [0.15, 0.2) is 16.4 Å². The number of hydrogen-bond acceptors (Lipinski definition) is 5. The van der Waals surface area contributed by atoms with Gasteiger partial charge in [0.25, 0.3) is 5.91 Å². The maximum Gasteiger partial charge on any atom is 0.339 e. The Labute approximate surface area is 172 Å². The highest BCUT2D eigenvalue weighted by Gasteiger charge is 2.22. The van der Waals surface area contributed by atoms with Crippen molar-refractivity contribution in [1.82, 2.24) is 5.32 Å².